The first-order chi connectivity index (χ1) is 7.65. The minimum atomic E-state index is 0.100. The fourth-order valence-electron chi connectivity index (χ4n) is 1.30. The van der Waals surface area contributed by atoms with Crippen molar-refractivity contribution >= 4 is 34.1 Å². The standard InChI is InChI=1S/C10H15N3OS2/c1-6-9(16-10(11)13-6)15-5-8(14)12-4-7-2-3-7/h7H,2-5H2,1H3,(H2,11,13)(H,12,14). The highest BCUT2D eigenvalue weighted by Crippen LogP contribution is 2.30. The van der Waals surface area contributed by atoms with Gasteiger partial charge in [-0.25, -0.2) is 4.98 Å². The normalized spacial score (nSPS) is 15.1. The summed E-state index contributed by atoms with van der Waals surface area (Å²) < 4.78 is 1.04. The van der Waals surface area contributed by atoms with Gasteiger partial charge in [0.15, 0.2) is 5.13 Å². The number of aromatic nitrogens is 1. The number of carbonyl (C=O) groups excluding carboxylic acids is 1. The summed E-state index contributed by atoms with van der Waals surface area (Å²) in [7, 11) is 0. The number of rotatable bonds is 5. The Balaban J connectivity index is 1.73. The molecule has 3 N–H and O–H groups in total. The Morgan fingerprint density at radius 1 is 1.69 bits per heavy atom. The predicted molar refractivity (Wildman–Crippen MR) is 67.7 cm³/mol. The molecule has 1 saturated carbocycles. The monoisotopic (exact) mass is 257 g/mol. The van der Waals surface area contributed by atoms with Gasteiger partial charge in [-0.05, 0) is 25.7 Å². The average molecular weight is 257 g/mol. The second kappa shape index (κ2) is 5.05. The summed E-state index contributed by atoms with van der Waals surface area (Å²) in [6.45, 7) is 2.75. The van der Waals surface area contributed by atoms with E-state index in [0.29, 0.717) is 10.9 Å². The third-order valence-electron chi connectivity index (χ3n) is 2.39. The van der Waals surface area contributed by atoms with Gasteiger partial charge in [-0.15, -0.1) is 11.8 Å². The van der Waals surface area contributed by atoms with E-state index in [4.69, 9.17) is 5.73 Å². The highest BCUT2D eigenvalue weighted by molar-refractivity contribution is 8.01. The first-order valence-electron chi connectivity index (χ1n) is 5.27. The van der Waals surface area contributed by atoms with E-state index >= 15 is 0 Å². The van der Waals surface area contributed by atoms with Crippen LogP contribution in [0.3, 0.4) is 0 Å². The topological polar surface area (TPSA) is 68.0 Å². The highest BCUT2D eigenvalue weighted by Gasteiger charge is 2.21. The van der Waals surface area contributed by atoms with Crippen LogP contribution in [0.2, 0.25) is 0 Å². The van der Waals surface area contributed by atoms with E-state index in [2.05, 4.69) is 10.3 Å². The Labute approximate surface area is 103 Å². The van der Waals surface area contributed by atoms with Crippen LogP contribution in [0.25, 0.3) is 0 Å². The van der Waals surface area contributed by atoms with Crippen molar-refractivity contribution in [3.05, 3.63) is 5.69 Å². The van der Waals surface area contributed by atoms with E-state index < -0.39 is 0 Å². The number of carbonyl (C=O) groups is 1. The summed E-state index contributed by atoms with van der Waals surface area (Å²) in [6.07, 6.45) is 2.52. The Hall–Kier alpha value is -0.750. The van der Waals surface area contributed by atoms with Crippen molar-refractivity contribution in [3.63, 3.8) is 0 Å². The van der Waals surface area contributed by atoms with Gasteiger partial charge in [0.05, 0.1) is 15.7 Å². The summed E-state index contributed by atoms with van der Waals surface area (Å²) in [5.74, 6) is 1.29. The Morgan fingerprint density at radius 2 is 2.44 bits per heavy atom. The second-order valence-electron chi connectivity index (χ2n) is 3.96. The highest BCUT2D eigenvalue weighted by atomic mass is 32.2. The number of nitrogens with two attached hydrogens (primary N) is 1. The number of amides is 1. The number of thioether (sulfide) groups is 1. The zero-order valence-electron chi connectivity index (χ0n) is 9.16. The summed E-state index contributed by atoms with van der Waals surface area (Å²) in [6, 6.07) is 0. The molecule has 1 aliphatic carbocycles. The number of nitrogens with zero attached hydrogens (tertiary/aromatic N) is 1. The van der Waals surface area contributed by atoms with Crippen molar-refractivity contribution in [3.8, 4) is 0 Å². The van der Waals surface area contributed by atoms with Crippen LogP contribution in [0.1, 0.15) is 18.5 Å². The van der Waals surface area contributed by atoms with Gasteiger partial charge in [-0.3, -0.25) is 4.79 Å². The van der Waals surface area contributed by atoms with Crippen molar-refractivity contribution < 1.29 is 4.79 Å². The van der Waals surface area contributed by atoms with Gasteiger partial charge in [-0.1, -0.05) is 11.3 Å². The molecule has 16 heavy (non-hydrogen) atoms. The number of nitrogen functional groups attached to an aromatic ring is 1. The first kappa shape index (κ1) is 11.7. The van der Waals surface area contributed by atoms with Crippen LogP contribution in [-0.2, 0) is 4.79 Å². The van der Waals surface area contributed by atoms with Gasteiger partial charge < -0.3 is 11.1 Å². The lowest BCUT2D eigenvalue weighted by molar-refractivity contribution is -0.118. The maximum absolute atomic E-state index is 11.5. The van der Waals surface area contributed by atoms with Crippen LogP contribution >= 0.6 is 23.1 Å². The molecule has 1 aromatic rings. The molecule has 4 nitrogen and oxygen atoms in total. The van der Waals surface area contributed by atoms with Gasteiger partial charge in [0.25, 0.3) is 0 Å². The van der Waals surface area contributed by atoms with Gasteiger partial charge in [0.1, 0.15) is 0 Å². The maximum Gasteiger partial charge on any atom is 0.230 e. The second-order valence-corrected chi connectivity index (χ2v) is 6.24. The number of hydrogen-bond donors (Lipinski definition) is 2. The molecule has 0 atom stereocenters. The number of aryl methyl sites for hydroxylation is 1. The molecule has 1 heterocycles. The Morgan fingerprint density at radius 3 is 3.00 bits per heavy atom. The summed E-state index contributed by atoms with van der Waals surface area (Å²) in [5.41, 5.74) is 6.50. The molecule has 2 rings (SSSR count). The molecule has 1 amide bonds. The molecule has 1 aliphatic rings. The zero-order valence-corrected chi connectivity index (χ0v) is 10.8. The molecule has 6 heteroatoms. The third kappa shape index (κ3) is 3.38. The maximum atomic E-state index is 11.5. The zero-order chi connectivity index (χ0) is 11.5. The van der Waals surface area contributed by atoms with Gasteiger partial charge >= 0.3 is 0 Å². The lowest BCUT2D eigenvalue weighted by atomic mass is 10.4. The molecule has 0 aromatic carbocycles. The first-order valence-corrected chi connectivity index (χ1v) is 7.08. The van der Waals surface area contributed by atoms with Crippen LogP contribution in [0.5, 0.6) is 0 Å². The molecule has 0 bridgehead atoms. The molecule has 0 unspecified atom stereocenters. The van der Waals surface area contributed by atoms with E-state index in [1.54, 1.807) is 0 Å². The summed E-state index contributed by atoms with van der Waals surface area (Å²) >= 11 is 2.95. The molecule has 1 fully saturated rings. The van der Waals surface area contributed by atoms with Crippen molar-refractivity contribution in [1.82, 2.24) is 10.3 Å². The molecule has 1 aromatic heterocycles. The molecule has 0 radical (unpaired) electrons. The quantitative estimate of drug-likeness (QED) is 0.787. The number of anilines is 1. The van der Waals surface area contributed by atoms with Crippen LogP contribution in [0, 0.1) is 12.8 Å². The van der Waals surface area contributed by atoms with E-state index in [1.807, 2.05) is 6.92 Å². The summed E-state index contributed by atoms with van der Waals surface area (Å²) in [5, 5.41) is 3.50. The van der Waals surface area contributed by atoms with Crippen molar-refractivity contribution in [2.24, 2.45) is 5.92 Å². The molecule has 0 saturated heterocycles. The molecule has 0 aliphatic heterocycles. The van der Waals surface area contributed by atoms with Crippen molar-refractivity contribution in [2.75, 3.05) is 18.0 Å². The van der Waals surface area contributed by atoms with Crippen LogP contribution < -0.4 is 11.1 Å². The fourth-order valence-corrected chi connectivity index (χ4v) is 3.15. The lowest BCUT2D eigenvalue weighted by Crippen LogP contribution is -2.27. The SMILES string of the molecule is Cc1nc(N)sc1SCC(=O)NCC1CC1. The Kier molecular flexibility index (Phi) is 3.70. The fraction of sp³-hybridized carbons (Fsp3) is 0.600. The molecular weight excluding hydrogens is 242 g/mol. The number of thiazole rings is 1. The van der Waals surface area contributed by atoms with Gasteiger partial charge in [0, 0.05) is 6.54 Å². The minimum absolute atomic E-state index is 0.100. The van der Waals surface area contributed by atoms with E-state index in [1.165, 1.54) is 35.9 Å². The summed E-state index contributed by atoms with van der Waals surface area (Å²) in [4.78, 5) is 15.6. The Bertz CT molecular complexity index is 387. The van der Waals surface area contributed by atoms with Crippen molar-refractivity contribution in [2.45, 2.75) is 24.0 Å². The molecular formula is C10H15N3OS2. The van der Waals surface area contributed by atoms with Gasteiger partial charge in [0.2, 0.25) is 5.91 Å². The van der Waals surface area contributed by atoms with Gasteiger partial charge in [-0.2, -0.15) is 0 Å². The van der Waals surface area contributed by atoms with Crippen LogP contribution in [0.4, 0.5) is 5.13 Å². The average Bonchev–Trinajstić information content (AvgIpc) is 2.99. The van der Waals surface area contributed by atoms with E-state index in [0.717, 1.165) is 22.4 Å². The third-order valence-corrected chi connectivity index (χ3v) is 4.74. The smallest absolute Gasteiger partial charge is 0.230 e. The van der Waals surface area contributed by atoms with Crippen LogP contribution in [-0.4, -0.2) is 23.2 Å². The largest absolute Gasteiger partial charge is 0.375 e. The molecule has 88 valence electrons. The number of hydrogen-bond acceptors (Lipinski definition) is 5. The minimum Gasteiger partial charge on any atom is -0.375 e. The van der Waals surface area contributed by atoms with E-state index in [9.17, 15) is 4.79 Å². The predicted octanol–water partition coefficient (Wildman–Crippen LogP) is 1.65. The van der Waals surface area contributed by atoms with Crippen molar-refractivity contribution in [1.29, 1.82) is 0 Å². The number of nitrogens with one attached hydrogen (secondary N) is 1. The van der Waals surface area contributed by atoms with E-state index in [-0.39, 0.29) is 5.91 Å². The lowest BCUT2D eigenvalue weighted by Gasteiger charge is -2.02. The van der Waals surface area contributed by atoms with Crippen LogP contribution in [0.15, 0.2) is 4.21 Å². The molecule has 0 spiro atoms.